The first-order valence-corrected chi connectivity index (χ1v) is 6.41. The van der Waals surface area contributed by atoms with Gasteiger partial charge in [-0.25, -0.2) is 0 Å². The Morgan fingerprint density at radius 3 is 2.47 bits per heavy atom. The van der Waals surface area contributed by atoms with Gasteiger partial charge in [-0.3, -0.25) is 4.79 Å². The highest BCUT2D eigenvalue weighted by Crippen LogP contribution is 2.31. The van der Waals surface area contributed by atoms with Crippen LogP contribution in [-0.2, 0) is 4.79 Å². The van der Waals surface area contributed by atoms with Gasteiger partial charge in [0, 0.05) is 18.3 Å². The van der Waals surface area contributed by atoms with Crippen LogP contribution in [0.1, 0.15) is 40.2 Å². The van der Waals surface area contributed by atoms with Gasteiger partial charge in [0.25, 0.3) is 0 Å². The summed E-state index contributed by atoms with van der Waals surface area (Å²) >= 11 is 0. The van der Waals surface area contributed by atoms with Crippen molar-refractivity contribution >= 4 is 5.97 Å². The van der Waals surface area contributed by atoms with Crippen LogP contribution in [0, 0.1) is 20.8 Å². The molecular formula is C16H19NO2. The lowest BCUT2D eigenvalue weighted by atomic mass is 9.85. The van der Waals surface area contributed by atoms with E-state index in [1.54, 1.807) is 0 Å². The Balaban J connectivity index is 2.49. The van der Waals surface area contributed by atoms with Crippen LogP contribution in [-0.4, -0.2) is 16.1 Å². The number of aliphatic carboxylic acids is 1. The van der Waals surface area contributed by atoms with Crippen molar-refractivity contribution in [2.75, 3.05) is 0 Å². The third-order valence-electron chi connectivity index (χ3n) is 3.66. The molecule has 100 valence electrons. The number of H-pyrrole nitrogens is 1. The molecule has 0 aliphatic rings. The van der Waals surface area contributed by atoms with E-state index in [0.717, 1.165) is 16.7 Å². The lowest BCUT2D eigenvalue weighted by Crippen LogP contribution is -2.09. The molecule has 1 unspecified atom stereocenters. The number of aromatic amines is 1. The molecule has 0 aliphatic heterocycles. The van der Waals surface area contributed by atoms with Gasteiger partial charge in [-0.05, 0) is 54.7 Å². The van der Waals surface area contributed by atoms with Gasteiger partial charge in [-0.1, -0.05) is 12.1 Å². The van der Waals surface area contributed by atoms with E-state index in [4.69, 9.17) is 5.11 Å². The van der Waals surface area contributed by atoms with Gasteiger partial charge in [0.2, 0.25) is 0 Å². The quantitative estimate of drug-likeness (QED) is 0.880. The Labute approximate surface area is 113 Å². The summed E-state index contributed by atoms with van der Waals surface area (Å²) in [6.07, 6.45) is 3.82. The molecule has 0 saturated heterocycles. The molecule has 0 aliphatic carbocycles. The fourth-order valence-electron chi connectivity index (χ4n) is 2.49. The highest BCUT2D eigenvalue weighted by atomic mass is 16.4. The van der Waals surface area contributed by atoms with Crippen molar-refractivity contribution in [3.8, 4) is 0 Å². The molecule has 0 bridgehead atoms. The molecule has 2 N–H and O–H groups in total. The summed E-state index contributed by atoms with van der Waals surface area (Å²) in [5.74, 6) is -0.869. The maximum atomic E-state index is 11.1. The van der Waals surface area contributed by atoms with Crippen molar-refractivity contribution in [2.24, 2.45) is 0 Å². The van der Waals surface area contributed by atoms with E-state index in [1.807, 2.05) is 25.4 Å². The third kappa shape index (κ3) is 2.87. The molecule has 3 heteroatoms. The second-order valence-corrected chi connectivity index (χ2v) is 5.09. The summed E-state index contributed by atoms with van der Waals surface area (Å²) in [5.41, 5.74) is 5.71. The summed E-state index contributed by atoms with van der Waals surface area (Å²) in [6.45, 7) is 6.19. The van der Waals surface area contributed by atoms with Crippen molar-refractivity contribution in [1.82, 2.24) is 4.98 Å². The number of nitrogens with one attached hydrogen (secondary N) is 1. The predicted molar refractivity (Wildman–Crippen MR) is 75.5 cm³/mol. The number of aromatic nitrogens is 1. The molecule has 2 aromatic rings. The summed E-state index contributed by atoms with van der Waals surface area (Å²) in [5, 5.41) is 9.15. The maximum Gasteiger partial charge on any atom is 0.304 e. The zero-order valence-electron chi connectivity index (χ0n) is 11.5. The van der Waals surface area contributed by atoms with Gasteiger partial charge in [-0.15, -0.1) is 0 Å². The van der Waals surface area contributed by atoms with Crippen LogP contribution in [0.4, 0.5) is 0 Å². The molecule has 1 atom stereocenters. The Morgan fingerprint density at radius 2 is 1.89 bits per heavy atom. The van der Waals surface area contributed by atoms with Crippen LogP contribution in [0.25, 0.3) is 0 Å². The SMILES string of the molecule is Cc1cc(C)c(C(CC(=O)O)c2cc[nH]c2)cc1C. The van der Waals surface area contributed by atoms with Crippen LogP contribution in [0.5, 0.6) is 0 Å². The van der Waals surface area contributed by atoms with E-state index in [9.17, 15) is 4.79 Å². The first-order valence-electron chi connectivity index (χ1n) is 6.41. The van der Waals surface area contributed by atoms with Gasteiger partial charge in [-0.2, -0.15) is 0 Å². The molecule has 2 rings (SSSR count). The first-order chi connectivity index (χ1) is 8.99. The van der Waals surface area contributed by atoms with Crippen LogP contribution in [0.2, 0.25) is 0 Å². The van der Waals surface area contributed by atoms with Crippen molar-refractivity contribution < 1.29 is 9.90 Å². The molecule has 0 amide bonds. The second kappa shape index (κ2) is 5.31. The summed E-state index contributed by atoms with van der Waals surface area (Å²) < 4.78 is 0. The van der Waals surface area contributed by atoms with E-state index >= 15 is 0 Å². The van der Waals surface area contributed by atoms with Crippen LogP contribution in [0.15, 0.2) is 30.6 Å². The highest BCUT2D eigenvalue weighted by Gasteiger charge is 2.20. The fourth-order valence-corrected chi connectivity index (χ4v) is 2.49. The smallest absolute Gasteiger partial charge is 0.304 e. The van der Waals surface area contributed by atoms with E-state index in [1.165, 1.54) is 11.1 Å². The van der Waals surface area contributed by atoms with Crippen molar-refractivity contribution in [2.45, 2.75) is 33.1 Å². The van der Waals surface area contributed by atoms with Gasteiger partial charge >= 0.3 is 5.97 Å². The number of hydrogen-bond donors (Lipinski definition) is 2. The largest absolute Gasteiger partial charge is 0.481 e. The topological polar surface area (TPSA) is 53.1 Å². The van der Waals surface area contributed by atoms with Crippen LogP contribution >= 0.6 is 0 Å². The number of carboxylic acids is 1. The van der Waals surface area contributed by atoms with E-state index in [2.05, 4.69) is 31.0 Å². The summed E-state index contributed by atoms with van der Waals surface area (Å²) in [6, 6.07) is 6.19. The Morgan fingerprint density at radius 1 is 1.21 bits per heavy atom. The predicted octanol–water partition coefficient (Wildman–Crippen LogP) is 3.55. The molecule has 0 radical (unpaired) electrons. The molecule has 0 spiro atoms. The third-order valence-corrected chi connectivity index (χ3v) is 3.66. The minimum atomic E-state index is -0.774. The van der Waals surface area contributed by atoms with E-state index < -0.39 is 5.97 Å². The average molecular weight is 257 g/mol. The van der Waals surface area contributed by atoms with Gasteiger partial charge in [0.15, 0.2) is 0 Å². The molecule has 3 nitrogen and oxygen atoms in total. The summed E-state index contributed by atoms with van der Waals surface area (Å²) in [4.78, 5) is 14.1. The summed E-state index contributed by atoms with van der Waals surface area (Å²) in [7, 11) is 0. The van der Waals surface area contributed by atoms with Gasteiger partial charge in [0.05, 0.1) is 6.42 Å². The number of aryl methyl sites for hydroxylation is 3. The molecule has 1 heterocycles. The number of hydrogen-bond acceptors (Lipinski definition) is 1. The monoisotopic (exact) mass is 257 g/mol. The molecular weight excluding hydrogens is 238 g/mol. The molecule has 0 saturated carbocycles. The number of carboxylic acid groups (broad SMARTS) is 1. The van der Waals surface area contributed by atoms with Crippen molar-refractivity contribution in [1.29, 1.82) is 0 Å². The lowest BCUT2D eigenvalue weighted by Gasteiger charge is -2.18. The Bertz CT molecular complexity index is 585. The van der Waals surface area contributed by atoms with Gasteiger partial charge in [0.1, 0.15) is 0 Å². The lowest BCUT2D eigenvalue weighted by molar-refractivity contribution is -0.137. The van der Waals surface area contributed by atoms with E-state index in [-0.39, 0.29) is 12.3 Å². The minimum Gasteiger partial charge on any atom is -0.481 e. The zero-order valence-corrected chi connectivity index (χ0v) is 11.5. The molecule has 19 heavy (non-hydrogen) atoms. The van der Waals surface area contributed by atoms with Gasteiger partial charge < -0.3 is 10.1 Å². The average Bonchev–Trinajstić information content (AvgIpc) is 2.84. The fraction of sp³-hybridized carbons (Fsp3) is 0.312. The maximum absolute atomic E-state index is 11.1. The molecule has 1 aromatic carbocycles. The minimum absolute atomic E-state index is 0.0944. The highest BCUT2D eigenvalue weighted by molar-refractivity contribution is 5.69. The first kappa shape index (κ1) is 13.4. The van der Waals surface area contributed by atoms with Crippen LogP contribution < -0.4 is 0 Å². The van der Waals surface area contributed by atoms with E-state index in [0.29, 0.717) is 0 Å². The Hall–Kier alpha value is -2.03. The van der Waals surface area contributed by atoms with Crippen molar-refractivity contribution in [3.63, 3.8) is 0 Å². The normalized spacial score (nSPS) is 12.4. The molecule has 0 fully saturated rings. The standard InChI is InChI=1S/C16H19NO2/c1-10-6-12(3)14(7-11(10)2)15(8-16(18)19)13-4-5-17-9-13/h4-7,9,15,17H,8H2,1-3H3,(H,18,19). The number of rotatable bonds is 4. The molecule has 1 aromatic heterocycles. The zero-order chi connectivity index (χ0) is 14.0. The number of carbonyl (C=O) groups is 1. The van der Waals surface area contributed by atoms with Crippen LogP contribution in [0.3, 0.4) is 0 Å². The van der Waals surface area contributed by atoms with Crippen molar-refractivity contribution in [3.05, 3.63) is 58.4 Å². The number of benzene rings is 1. The second-order valence-electron chi connectivity index (χ2n) is 5.09. The Kier molecular flexibility index (Phi) is 3.74.